The van der Waals surface area contributed by atoms with Gasteiger partial charge in [0.15, 0.2) is 4.80 Å². The van der Waals surface area contributed by atoms with E-state index in [1.807, 2.05) is 23.1 Å². The van der Waals surface area contributed by atoms with Gasteiger partial charge in [0, 0.05) is 18.1 Å². The summed E-state index contributed by atoms with van der Waals surface area (Å²) >= 11 is 17.6. The zero-order valence-electron chi connectivity index (χ0n) is 6.28. The van der Waals surface area contributed by atoms with Crippen LogP contribution in [0.4, 0.5) is 0 Å². The van der Waals surface area contributed by atoms with E-state index in [1.165, 1.54) is 11.3 Å². The van der Waals surface area contributed by atoms with Crippen LogP contribution in [0.2, 0.25) is 0 Å². The molecule has 0 saturated heterocycles. The molecular weight excluding hydrogens is 254 g/mol. The maximum atomic E-state index is 5.67. The Labute approximate surface area is 89.5 Å². The van der Waals surface area contributed by atoms with Gasteiger partial charge in [0.1, 0.15) is 0 Å². The Bertz CT molecular complexity index is 364. The first-order valence-electron chi connectivity index (χ1n) is 3.22. The summed E-state index contributed by atoms with van der Waals surface area (Å²) in [6.07, 6.45) is 1.93. The summed E-state index contributed by atoms with van der Waals surface area (Å²) < 4.78 is 6.02. The minimum Gasteiger partial charge on any atom is -0.324 e. The molecule has 68 valence electrons. The Balaban J connectivity index is 3.18. The monoisotopic (exact) mass is 260 g/mol. The maximum absolute atomic E-state index is 5.67. The smallest absolute Gasteiger partial charge is 0.228 e. The minimum atomic E-state index is -2.50. The predicted molar refractivity (Wildman–Crippen MR) is 59.5 cm³/mol. The minimum absolute atomic E-state index is 0.797. The molecule has 1 aromatic heterocycles. The first-order chi connectivity index (χ1) is 5.53. The van der Waals surface area contributed by atoms with Crippen LogP contribution in [-0.4, -0.2) is 4.57 Å². The Morgan fingerprint density at radius 1 is 1.75 bits per heavy atom. The summed E-state index contributed by atoms with van der Waals surface area (Å²) in [7, 11) is 0. The molecule has 0 radical (unpaired) electrons. The number of hydrogen-bond donors (Lipinski definition) is 0. The molecule has 1 rings (SSSR count). The lowest BCUT2D eigenvalue weighted by Gasteiger charge is -1.97. The first-order valence-corrected chi connectivity index (χ1v) is 8.67. The van der Waals surface area contributed by atoms with E-state index in [2.05, 4.69) is 4.76 Å². The van der Waals surface area contributed by atoms with Gasteiger partial charge in [0.2, 0.25) is 4.89 Å². The second kappa shape index (κ2) is 4.25. The second-order valence-electron chi connectivity index (χ2n) is 2.01. The summed E-state index contributed by atoms with van der Waals surface area (Å²) in [6.45, 7) is 2.88. The number of hydrogen-bond acceptors (Lipinski definition) is 2. The van der Waals surface area contributed by atoms with Crippen LogP contribution in [0.1, 0.15) is 6.92 Å². The Morgan fingerprint density at radius 3 is 2.92 bits per heavy atom. The number of thiazole rings is 1. The van der Waals surface area contributed by atoms with E-state index in [-0.39, 0.29) is 0 Å². The fraction of sp³-hybridized carbons (Fsp3) is 0.400. The summed E-state index contributed by atoms with van der Waals surface area (Å²) in [6, 6.07) is 0. The van der Waals surface area contributed by atoms with E-state index in [9.17, 15) is 0 Å². The lowest BCUT2D eigenvalue weighted by molar-refractivity contribution is 0.740. The largest absolute Gasteiger partial charge is 0.324 e. The molecule has 7 heteroatoms. The van der Waals surface area contributed by atoms with Gasteiger partial charge < -0.3 is 4.57 Å². The molecule has 0 aromatic carbocycles. The lowest BCUT2D eigenvalue weighted by Crippen LogP contribution is -2.11. The molecule has 0 N–H and O–H groups in total. The van der Waals surface area contributed by atoms with Crippen molar-refractivity contribution < 1.29 is 0 Å². The van der Waals surface area contributed by atoms with Gasteiger partial charge in [-0.3, -0.25) is 0 Å². The highest BCUT2D eigenvalue weighted by Crippen LogP contribution is 2.57. The van der Waals surface area contributed by atoms with Gasteiger partial charge in [-0.05, 0) is 41.2 Å². The molecule has 0 fully saturated rings. The van der Waals surface area contributed by atoms with Crippen molar-refractivity contribution in [3.8, 4) is 0 Å². The normalized spacial score (nSPS) is 13.8. The van der Waals surface area contributed by atoms with E-state index in [0.29, 0.717) is 0 Å². The van der Waals surface area contributed by atoms with Crippen LogP contribution in [-0.2, 0) is 18.4 Å². The number of halogens is 2. The third kappa shape index (κ3) is 3.19. The van der Waals surface area contributed by atoms with Gasteiger partial charge in [-0.15, -0.1) is 11.3 Å². The van der Waals surface area contributed by atoms with Crippen LogP contribution in [0.3, 0.4) is 0 Å². The number of nitrogens with zero attached hydrogens (tertiary/aromatic N) is 2. The fourth-order valence-electron chi connectivity index (χ4n) is 0.717. The molecule has 0 saturated carbocycles. The van der Waals surface area contributed by atoms with Crippen molar-refractivity contribution in [1.82, 2.24) is 4.57 Å². The first kappa shape index (κ1) is 10.7. The molecule has 0 unspecified atom stereocenters. The molecule has 1 heterocycles. The van der Waals surface area contributed by atoms with Crippen molar-refractivity contribution in [2.24, 2.45) is 4.76 Å². The summed E-state index contributed by atoms with van der Waals surface area (Å²) in [5.41, 5.74) is 0. The van der Waals surface area contributed by atoms with E-state index >= 15 is 0 Å². The fourth-order valence-corrected chi connectivity index (χ4v) is 3.33. The summed E-state index contributed by atoms with van der Waals surface area (Å²) in [5.74, 6) is 0. The second-order valence-corrected chi connectivity index (χ2v) is 10.2. The van der Waals surface area contributed by atoms with Gasteiger partial charge in [-0.25, -0.2) is 0 Å². The van der Waals surface area contributed by atoms with E-state index in [1.54, 1.807) is 0 Å². The summed E-state index contributed by atoms with van der Waals surface area (Å²) in [4.78, 5) is -1.71. The Morgan fingerprint density at radius 2 is 2.42 bits per heavy atom. The van der Waals surface area contributed by atoms with Gasteiger partial charge in [0.05, 0.1) is 0 Å². The van der Waals surface area contributed by atoms with Gasteiger partial charge in [-0.1, -0.05) is 0 Å². The summed E-state index contributed by atoms with van der Waals surface area (Å²) in [5, 5.41) is 1.93. The molecule has 2 nitrogen and oxygen atoms in total. The standard InChI is InChI=1S/C5H7Cl2N2PS2/c1-2-9-3-4-12-5(9)8-10(6,7)11/h3-4H,2H2,1H3/b8-5-. The molecule has 0 amide bonds. The average Bonchev–Trinajstić information content (AvgIpc) is 2.31. The third-order valence-corrected chi connectivity index (χ3v) is 3.25. The van der Waals surface area contributed by atoms with Crippen molar-refractivity contribution in [3.05, 3.63) is 16.4 Å². The predicted octanol–water partition coefficient (Wildman–Crippen LogP) is 3.17. The van der Waals surface area contributed by atoms with Crippen LogP contribution >= 0.6 is 38.7 Å². The van der Waals surface area contributed by atoms with Crippen LogP contribution in [0, 0.1) is 0 Å². The highest BCUT2D eigenvalue weighted by atomic mass is 35.9. The number of aromatic nitrogens is 1. The van der Waals surface area contributed by atoms with Crippen LogP contribution in [0.5, 0.6) is 0 Å². The van der Waals surface area contributed by atoms with Crippen molar-refractivity contribution in [2.75, 3.05) is 0 Å². The van der Waals surface area contributed by atoms with Crippen LogP contribution in [0.15, 0.2) is 16.3 Å². The van der Waals surface area contributed by atoms with Crippen molar-refractivity contribution >= 4 is 50.5 Å². The van der Waals surface area contributed by atoms with Crippen LogP contribution < -0.4 is 4.80 Å². The molecule has 0 aliphatic heterocycles. The maximum Gasteiger partial charge on any atom is 0.228 e. The highest BCUT2D eigenvalue weighted by Gasteiger charge is 2.04. The van der Waals surface area contributed by atoms with Gasteiger partial charge in [-0.2, -0.15) is 4.76 Å². The highest BCUT2D eigenvalue weighted by molar-refractivity contribution is 8.38. The molecule has 0 spiro atoms. The van der Waals surface area contributed by atoms with Crippen LogP contribution in [0.25, 0.3) is 0 Å². The van der Waals surface area contributed by atoms with E-state index in [0.717, 1.165) is 11.3 Å². The molecular formula is C5H7Cl2N2PS2. The Hall–Kier alpha value is 0.660. The van der Waals surface area contributed by atoms with E-state index < -0.39 is 4.89 Å². The SMILES string of the molecule is CCn1ccs/c1=N\P(=S)(Cl)Cl. The zero-order valence-corrected chi connectivity index (χ0v) is 10.3. The number of rotatable bonds is 2. The van der Waals surface area contributed by atoms with Crippen molar-refractivity contribution in [3.63, 3.8) is 0 Å². The molecule has 12 heavy (non-hydrogen) atoms. The molecule has 1 aromatic rings. The Kier molecular flexibility index (Phi) is 3.80. The topological polar surface area (TPSA) is 17.3 Å². The van der Waals surface area contributed by atoms with Crippen molar-refractivity contribution in [1.29, 1.82) is 0 Å². The zero-order chi connectivity index (χ0) is 9.19. The van der Waals surface area contributed by atoms with Gasteiger partial charge in [0.25, 0.3) is 0 Å². The average molecular weight is 261 g/mol. The van der Waals surface area contributed by atoms with Crippen molar-refractivity contribution in [2.45, 2.75) is 13.5 Å². The molecule has 0 aliphatic carbocycles. The quantitative estimate of drug-likeness (QED) is 0.747. The molecule has 0 aliphatic rings. The third-order valence-electron chi connectivity index (χ3n) is 1.20. The van der Waals surface area contributed by atoms with E-state index in [4.69, 9.17) is 34.3 Å². The molecule has 0 atom stereocenters. The lowest BCUT2D eigenvalue weighted by atomic mass is 10.7. The number of aryl methyl sites for hydroxylation is 1. The molecule has 0 bridgehead atoms. The van der Waals surface area contributed by atoms with Gasteiger partial charge >= 0.3 is 0 Å².